The first-order valence-electron chi connectivity index (χ1n) is 7.80. The standard InChI is InChI=1S/C17H24BrNO/c1-2-12-3-5-17(9-12,11-19)10-14-8-15(18)7-13-4-6-20-16(13)14/h7-8,12H,2-6,9-11,19H2,1H3. The molecule has 0 amide bonds. The number of benzene rings is 1. The molecular formula is C17H24BrNO. The van der Waals surface area contributed by atoms with Crippen molar-refractivity contribution >= 4 is 15.9 Å². The Morgan fingerprint density at radius 3 is 3.00 bits per heavy atom. The normalized spacial score (nSPS) is 28.4. The van der Waals surface area contributed by atoms with Gasteiger partial charge in [-0.1, -0.05) is 29.3 Å². The fourth-order valence-electron chi connectivity index (χ4n) is 3.97. The minimum atomic E-state index is 0.293. The van der Waals surface area contributed by atoms with Crippen molar-refractivity contribution in [2.45, 2.75) is 45.4 Å². The van der Waals surface area contributed by atoms with Gasteiger partial charge in [0.2, 0.25) is 0 Å². The number of nitrogens with two attached hydrogens (primary N) is 1. The molecule has 2 nitrogen and oxygen atoms in total. The predicted octanol–water partition coefficient (Wildman–Crippen LogP) is 4.08. The minimum absolute atomic E-state index is 0.293. The number of hydrogen-bond donors (Lipinski definition) is 1. The molecule has 2 unspecified atom stereocenters. The lowest BCUT2D eigenvalue weighted by Crippen LogP contribution is -2.30. The highest BCUT2D eigenvalue weighted by atomic mass is 79.9. The number of rotatable bonds is 4. The van der Waals surface area contributed by atoms with Crippen LogP contribution in [0.5, 0.6) is 5.75 Å². The van der Waals surface area contributed by atoms with E-state index >= 15 is 0 Å². The number of fused-ring (bicyclic) bond motifs is 1. The molecular weight excluding hydrogens is 314 g/mol. The molecule has 0 bridgehead atoms. The zero-order chi connectivity index (χ0) is 14.2. The van der Waals surface area contributed by atoms with Crippen molar-refractivity contribution < 1.29 is 4.74 Å². The molecule has 0 spiro atoms. The van der Waals surface area contributed by atoms with E-state index < -0.39 is 0 Å². The maximum Gasteiger partial charge on any atom is 0.125 e. The van der Waals surface area contributed by atoms with Crippen LogP contribution in [0.2, 0.25) is 0 Å². The van der Waals surface area contributed by atoms with Crippen LogP contribution in [0.25, 0.3) is 0 Å². The fraction of sp³-hybridized carbons (Fsp3) is 0.647. The van der Waals surface area contributed by atoms with E-state index in [1.165, 1.54) is 41.3 Å². The molecule has 1 fully saturated rings. The van der Waals surface area contributed by atoms with Crippen molar-refractivity contribution in [2.24, 2.45) is 17.1 Å². The van der Waals surface area contributed by atoms with Gasteiger partial charge in [0.15, 0.2) is 0 Å². The summed E-state index contributed by atoms with van der Waals surface area (Å²) in [4.78, 5) is 0. The van der Waals surface area contributed by atoms with Gasteiger partial charge in [-0.3, -0.25) is 0 Å². The van der Waals surface area contributed by atoms with Gasteiger partial charge in [0, 0.05) is 10.9 Å². The maximum atomic E-state index is 6.16. The van der Waals surface area contributed by atoms with E-state index in [0.29, 0.717) is 5.41 Å². The summed E-state index contributed by atoms with van der Waals surface area (Å²) in [6.45, 7) is 3.92. The first-order valence-corrected chi connectivity index (χ1v) is 8.59. The summed E-state index contributed by atoms with van der Waals surface area (Å²) in [5.74, 6) is 2.00. The highest BCUT2D eigenvalue weighted by Gasteiger charge is 2.38. The van der Waals surface area contributed by atoms with Gasteiger partial charge in [0.1, 0.15) is 5.75 Å². The van der Waals surface area contributed by atoms with E-state index in [-0.39, 0.29) is 0 Å². The van der Waals surface area contributed by atoms with E-state index in [1.54, 1.807) is 0 Å². The Bertz CT molecular complexity index is 502. The Kier molecular flexibility index (Phi) is 4.09. The smallest absolute Gasteiger partial charge is 0.125 e. The molecule has 3 heteroatoms. The summed E-state index contributed by atoms with van der Waals surface area (Å²) in [6, 6.07) is 4.44. The second-order valence-corrected chi connectivity index (χ2v) is 7.47. The van der Waals surface area contributed by atoms with Gasteiger partial charge in [-0.25, -0.2) is 0 Å². The molecule has 1 aliphatic heterocycles. The van der Waals surface area contributed by atoms with Crippen LogP contribution < -0.4 is 10.5 Å². The summed E-state index contributed by atoms with van der Waals surface area (Å²) in [5.41, 5.74) is 9.17. The second-order valence-electron chi connectivity index (χ2n) is 6.55. The first kappa shape index (κ1) is 14.4. The predicted molar refractivity (Wildman–Crippen MR) is 86.2 cm³/mol. The monoisotopic (exact) mass is 337 g/mol. The van der Waals surface area contributed by atoms with E-state index in [0.717, 1.165) is 37.7 Å². The van der Waals surface area contributed by atoms with Crippen LogP contribution in [0, 0.1) is 11.3 Å². The van der Waals surface area contributed by atoms with Gasteiger partial charge in [0.05, 0.1) is 6.61 Å². The first-order chi connectivity index (χ1) is 9.65. The maximum absolute atomic E-state index is 6.16. The van der Waals surface area contributed by atoms with Crippen LogP contribution in [-0.2, 0) is 12.8 Å². The lowest BCUT2D eigenvalue weighted by Gasteiger charge is -2.29. The summed E-state index contributed by atoms with van der Waals surface area (Å²) in [5, 5.41) is 0. The molecule has 1 aromatic rings. The van der Waals surface area contributed by atoms with Crippen molar-refractivity contribution in [1.29, 1.82) is 0 Å². The zero-order valence-corrected chi connectivity index (χ0v) is 13.8. The van der Waals surface area contributed by atoms with Crippen LogP contribution >= 0.6 is 15.9 Å². The molecule has 1 heterocycles. The van der Waals surface area contributed by atoms with E-state index in [9.17, 15) is 0 Å². The van der Waals surface area contributed by atoms with E-state index in [4.69, 9.17) is 10.5 Å². The van der Waals surface area contributed by atoms with Crippen LogP contribution in [0.4, 0.5) is 0 Å². The molecule has 0 radical (unpaired) electrons. The van der Waals surface area contributed by atoms with Crippen molar-refractivity contribution in [1.82, 2.24) is 0 Å². The van der Waals surface area contributed by atoms with Crippen molar-refractivity contribution in [3.8, 4) is 5.75 Å². The molecule has 1 saturated carbocycles. The minimum Gasteiger partial charge on any atom is -0.493 e. The molecule has 20 heavy (non-hydrogen) atoms. The third kappa shape index (κ3) is 2.62. The Morgan fingerprint density at radius 2 is 2.30 bits per heavy atom. The SMILES string of the molecule is CCC1CCC(CN)(Cc2cc(Br)cc3c2OCC3)C1. The van der Waals surface area contributed by atoms with Gasteiger partial charge < -0.3 is 10.5 Å². The highest BCUT2D eigenvalue weighted by Crippen LogP contribution is 2.47. The topological polar surface area (TPSA) is 35.2 Å². The average molecular weight is 338 g/mol. The van der Waals surface area contributed by atoms with E-state index in [1.807, 2.05) is 0 Å². The quantitative estimate of drug-likeness (QED) is 0.898. The Hall–Kier alpha value is -0.540. The van der Waals surface area contributed by atoms with E-state index in [2.05, 4.69) is 35.0 Å². The molecule has 3 rings (SSSR count). The summed E-state index contributed by atoms with van der Waals surface area (Å²) < 4.78 is 7.05. The van der Waals surface area contributed by atoms with Gasteiger partial charge in [-0.15, -0.1) is 0 Å². The lowest BCUT2D eigenvalue weighted by atomic mass is 9.78. The van der Waals surface area contributed by atoms with Gasteiger partial charge in [-0.2, -0.15) is 0 Å². The third-order valence-electron chi connectivity index (χ3n) is 5.21. The summed E-state index contributed by atoms with van der Waals surface area (Å²) >= 11 is 3.64. The molecule has 0 aromatic heterocycles. The number of ether oxygens (including phenoxy) is 1. The van der Waals surface area contributed by atoms with Gasteiger partial charge in [0.25, 0.3) is 0 Å². The highest BCUT2D eigenvalue weighted by molar-refractivity contribution is 9.10. The van der Waals surface area contributed by atoms with Crippen LogP contribution in [0.1, 0.15) is 43.7 Å². The molecule has 1 aromatic carbocycles. The molecule has 1 aliphatic carbocycles. The average Bonchev–Trinajstić information content (AvgIpc) is 3.05. The second kappa shape index (κ2) is 5.69. The molecule has 2 N–H and O–H groups in total. The molecule has 110 valence electrons. The zero-order valence-electron chi connectivity index (χ0n) is 12.3. The Labute approximate surface area is 130 Å². The summed E-state index contributed by atoms with van der Waals surface area (Å²) in [6.07, 6.45) is 7.28. The van der Waals surface area contributed by atoms with Crippen molar-refractivity contribution in [2.75, 3.05) is 13.2 Å². The Balaban J connectivity index is 1.87. The number of hydrogen-bond acceptors (Lipinski definition) is 2. The lowest BCUT2D eigenvalue weighted by molar-refractivity contribution is 0.283. The van der Waals surface area contributed by atoms with Crippen molar-refractivity contribution in [3.63, 3.8) is 0 Å². The fourth-order valence-corrected chi connectivity index (χ4v) is 4.53. The van der Waals surface area contributed by atoms with Crippen LogP contribution in [-0.4, -0.2) is 13.2 Å². The third-order valence-corrected chi connectivity index (χ3v) is 5.66. The summed E-state index contributed by atoms with van der Waals surface area (Å²) in [7, 11) is 0. The largest absolute Gasteiger partial charge is 0.493 e. The van der Waals surface area contributed by atoms with Crippen molar-refractivity contribution in [3.05, 3.63) is 27.7 Å². The molecule has 0 saturated heterocycles. The van der Waals surface area contributed by atoms with Gasteiger partial charge >= 0.3 is 0 Å². The molecule has 2 aliphatic rings. The van der Waals surface area contributed by atoms with Crippen LogP contribution in [0.3, 0.4) is 0 Å². The van der Waals surface area contributed by atoms with Crippen LogP contribution in [0.15, 0.2) is 16.6 Å². The molecule has 2 atom stereocenters. The Morgan fingerprint density at radius 1 is 1.45 bits per heavy atom. The van der Waals surface area contributed by atoms with Gasteiger partial charge in [-0.05, 0) is 66.8 Å². The number of halogens is 1.